The SMILES string of the molecule is O=c1nc(N2CCN(S(=O)(=O)C3CCCCC3)CC2)sc2c(NO)cc(C(F)(F)F)cc12. The van der Waals surface area contributed by atoms with Crippen LogP contribution in [0.15, 0.2) is 16.9 Å². The highest BCUT2D eigenvalue weighted by molar-refractivity contribution is 7.89. The van der Waals surface area contributed by atoms with Crippen LogP contribution in [0.4, 0.5) is 24.0 Å². The van der Waals surface area contributed by atoms with Gasteiger partial charge in [0.15, 0.2) is 5.13 Å². The van der Waals surface area contributed by atoms with Crippen molar-refractivity contribution in [3.63, 3.8) is 0 Å². The molecule has 8 nitrogen and oxygen atoms in total. The number of aromatic nitrogens is 1. The highest BCUT2D eigenvalue weighted by Gasteiger charge is 2.36. The number of hydrogen-bond acceptors (Lipinski definition) is 8. The Hall–Kier alpha value is -1.96. The number of nitrogens with one attached hydrogen (secondary N) is 1. The average molecular weight is 493 g/mol. The highest BCUT2D eigenvalue weighted by atomic mass is 32.2. The van der Waals surface area contributed by atoms with Crippen LogP contribution in [0, 0.1) is 0 Å². The summed E-state index contributed by atoms with van der Waals surface area (Å²) >= 11 is 0.972. The molecule has 32 heavy (non-hydrogen) atoms. The Morgan fingerprint density at radius 2 is 1.75 bits per heavy atom. The van der Waals surface area contributed by atoms with Crippen LogP contribution in [0.25, 0.3) is 10.1 Å². The van der Waals surface area contributed by atoms with Crippen LogP contribution in [0.1, 0.15) is 37.7 Å². The summed E-state index contributed by atoms with van der Waals surface area (Å²) in [6.45, 7) is 1.11. The van der Waals surface area contributed by atoms with E-state index in [0.29, 0.717) is 25.9 Å². The lowest BCUT2D eigenvalue weighted by Crippen LogP contribution is -2.51. The van der Waals surface area contributed by atoms with E-state index in [4.69, 9.17) is 0 Å². The van der Waals surface area contributed by atoms with Crippen LogP contribution in [-0.2, 0) is 16.2 Å². The monoisotopic (exact) mass is 492 g/mol. The molecule has 1 saturated carbocycles. The fraction of sp³-hybridized carbons (Fsp3) is 0.579. The first kappa shape index (κ1) is 23.2. The maximum atomic E-state index is 13.1. The molecule has 2 fully saturated rings. The molecule has 0 bridgehead atoms. The number of rotatable bonds is 4. The van der Waals surface area contributed by atoms with E-state index in [-0.39, 0.29) is 39.2 Å². The topological polar surface area (TPSA) is 103 Å². The molecule has 1 aliphatic carbocycles. The molecular weight excluding hydrogens is 469 g/mol. The van der Waals surface area contributed by atoms with Gasteiger partial charge in [-0.2, -0.15) is 22.5 Å². The number of nitrogens with zero attached hydrogens (tertiary/aromatic N) is 3. The summed E-state index contributed by atoms with van der Waals surface area (Å²) in [6, 6.07) is 1.46. The summed E-state index contributed by atoms with van der Waals surface area (Å²) in [5.41, 5.74) is -0.403. The van der Waals surface area contributed by atoms with Gasteiger partial charge in [-0.3, -0.25) is 15.5 Å². The number of anilines is 2. The minimum atomic E-state index is -4.68. The molecule has 0 amide bonds. The summed E-state index contributed by atoms with van der Waals surface area (Å²) in [4.78, 5) is 18.2. The van der Waals surface area contributed by atoms with Gasteiger partial charge >= 0.3 is 6.18 Å². The van der Waals surface area contributed by atoms with Gasteiger partial charge in [0.25, 0.3) is 5.56 Å². The summed E-state index contributed by atoms with van der Waals surface area (Å²) in [7, 11) is -3.38. The van der Waals surface area contributed by atoms with Crippen molar-refractivity contribution >= 4 is 42.3 Å². The molecule has 2 aromatic rings. The molecular formula is C19H23F3N4O4S2. The van der Waals surface area contributed by atoms with E-state index in [2.05, 4.69) is 4.98 Å². The van der Waals surface area contributed by atoms with Crippen molar-refractivity contribution in [3.05, 3.63) is 28.0 Å². The van der Waals surface area contributed by atoms with Crippen molar-refractivity contribution in [3.8, 4) is 0 Å². The number of alkyl halides is 3. The Balaban J connectivity index is 1.58. The van der Waals surface area contributed by atoms with E-state index in [0.717, 1.165) is 42.7 Å². The second-order valence-electron chi connectivity index (χ2n) is 8.00. The molecule has 0 spiro atoms. The fourth-order valence-electron chi connectivity index (χ4n) is 4.25. The lowest BCUT2D eigenvalue weighted by atomic mass is 10.0. The van der Waals surface area contributed by atoms with Gasteiger partial charge in [-0.15, -0.1) is 0 Å². The van der Waals surface area contributed by atoms with Gasteiger partial charge in [-0.1, -0.05) is 30.6 Å². The number of sulfonamides is 1. The van der Waals surface area contributed by atoms with E-state index < -0.39 is 27.3 Å². The Labute approximate surface area is 186 Å². The first-order valence-corrected chi connectivity index (χ1v) is 12.6. The van der Waals surface area contributed by atoms with Crippen molar-refractivity contribution in [2.75, 3.05) is 36.6 Å². The van der Waals surface area contributed by atoms with Crippen LogP contribution in [0.3, 0.4) is 0 Å². The normalized spacial score (nSPS) is 19.4. The third-order valence-corrected chi connectivity index (χ3v) is 9.57. The predicted molar refractivity (Wildman–Crippen MR) is 116 cm³/mol. The summed E-state index contributed by atoms with van der Waals surface area (Å²) in [6.07, 6.45) is -0.454. The van der Waals surface area contributed by atoms with Crippen molar-refractivity contribution < 1.29 is 26.8 Å². The van der Waals surface area contributed by atoms with Gasteiger partial charge in [0.2, 0.25) is 10.0 Å². The van der Waals surface area contributed by atoms with E-state index in [9.17, 15) is 31.6 Å². The average Bonchev–Trinajstić information content (AvgIpc) is 2.78. The zero-order chi connectivity index (χ0) is 23.1. The molecule has 0 atom stereocenters. The molecule has 1 aromatic heterocycles. The van der Waals surface area contributed by atoms with Crippen LogP contribution in [0.2, 0.25) is 0 Å². The molecule has 1 aliphatic heterocycles. The van der Waals surface area contributed by atoms with Crippen LogP contribution >= 0.6 is 11.3 Å². The predicted octanol–water partition coefficient (Wildman–Crippen LogP) is 3.26. The molecule has 2 aliphatic rings. The molecule has 1 saturated heterocycles. The fourth-order valence-corrected chi connectivity index (χ4v) is 7.36. The van der Waals surface area contributed by atoms with Crippen LogP contribution in [-0.4, -0.2) is 54.3 Å². The van der Waals surface area contributed by atoms with E-state index in [1.807, 2.05) is 0 Å². The minimum absolute atomic E-state index is 0.146. The van der Waals surface area contributed by atoms with Gasteiger partial charge in [0, 0.05) is 26.2 Å². The molecule has 13 heteroatoms. The van der Waals surface area contributed by atoms with Crippen molar-refractivity contribution in [2.24, 2.45) is 0 Å². The van der Waals surface area contributed by atoms with Crippen LogP contribution in [0.5, 0.6) is 0 Å². The maximum absolute atomic E-state index is 13.1. The van der Waals surface area contributed by atoms with Gasteiger partial charge in [0.1, 0.15) is 0 Å². The Bertz CT molecular complexity index is 1160. The smallest absolute Gasteiger partial charge is 0.345 e. The van der Waals surface area contributed by atoms with E-state index >= 15 is 0 Å². The lowest BCUT2D eigenvalue weighted by Gasteiger charge is -2.36. The van der Waals surface area contributed by atoms with Crippen molar-refractivity contribution in [2.45, 2.75) is 43.5 Å². The zero-order valence-corrected chi connectivity index (χ0v) is 18.7. The molecule has 176 valence electrons. The Morgan fingerprint density at radius 3 is 2.34 bits per heavy atom. The molecule has 4 rings (SSSR count). The third-order valence-electron chi connectivity index (χ3n) is 6.00. The lowest BCUT2D eigenvalue weighted by molar-refractivity contribution is -0.137. The second-order valence-corrected chi connectivity index (χ2v) is 11.2. The highest BCUT2D eigenvalue weighted by Crippen LogP contribution is 2.37. The summed E-state index contributed by atoms with van der Waals surface area (Å²) < 4.78 is 66.8. The Kier molecular flexibility index (Phi) is 6.36. The molecule has 2 heterocycles. The minimum Gasteiger partial charge on any atom is -0.345 e. The Morgan fingerprint density at radius 1 is 1.09 bits per heavy atom. The number of halogens is 3. The number of fused-ring (bicyclic) bond motifs is 1. The number of piperazine rings is 1. The van der Waals surface area contributed by atoms with Gasteiger partial charge in [0.05, 0.1) is 26.6 Å². The van der Waals surface area contributed by atoms with E-state index in [1.54, 1.807) is 10.4 Å². The van der Waals surface area contributed by atoms with Gasteiger partial charge in [-0.25, -0.2) is 8.42 Å². The maximum Gasteiger partial charge on any atom is 0.416 e. The third kappa shape index (κ3) is 4.43. The van der Waals surface area contributed by atoms with Crippen LogP contribution < -0.4 is 15.9 Å². The summed E-state index contributed by atoms with van der Waals surface area (Å²) in [5, 5.41) is 9.02. The van der Waals surface area contributed by atoms with Gasteiger partial charge in [-0.05, 0) is 25.0 Å². The number of benzene rings is 1. The quantitative estimate of drug-likeness (QED) is 0.632. The van der Waals surface area contributed by atoms with Gasteiger partial charge < -0.3 is 4.90 Å². The summed E-state index contributed by atoms with van der Waals surface area (Å²) in [5.74, 6) is 0. The van der Waals surface area contributed by atoms with Crippen molar-refractivity contribution in [1.82, 2.24) is 9.29 Å². The largest absolute Gasteiger partial charge is 0.416 e. The molecule has 0 unspecified atom stereocenters. The molecule has 0 radical (unpaired) electrons. The second kappa shape index (κ2) is 8.76. The number of hydrogen-bond donors (Lipinski definition) is 2. The standard InChI is InChI=1S/C19H23F3N4O4S2/c20-19(21,22)12-10-14-16(15(11-12)24-28)31-18(23-17(14)27)25-6-8-26(9-7-25)32(29,30)13-4-2-1-3-5-13/h10-11,13,24,28H,1-9H2. The van der Waals surface area contributed by atoms with Crippen molar-refractivity contribution in [1.29, 1.82) is 0 Å². The molecule has 2 N–H and O–H groups in total. The van der Waals surface area contributed by atoms with E-state index in [1.165, 1.54) is 4.31 Å². The zero-order valence-electron chi connectivity index (χ0n) is 17.1. The molecule has 1 aromatic carbocycles. The first-order valence-electron chi connectivity index (χ1n) is 10.3. The first-order chi connectivity index (χ1) is 15.1.